The second kappa shape index (κ2) is 6.00. The van der Waals surface area contributed by atoms with Crippen LogP contribution in [0.25, 0.3) is 6.08 Å². The van der Waals surface area contributed by atoms with E-state index in [9.17, 15) is 19.5 Å². The molecular weight excluding hydrogens is 308 g/mol. The van der Waals surface area contributed by atoms with Crippen molar-refractivity contribution in [1.29, 1.82) is 0 Å². The van der Waals surface area contributed by atoms with Crippen LogP contribution in [0, 0.1) is 6.92 Å². The first-order valence-electron chi connectivity index (χ1n) is 7.23. The van der Waals surface area contributed by atoms with Crippen molar-refractivity contribution in [3.63, 3.8) is 0 Å². The summed E-state index contributed by atoms with van der Waals surface area (Å²) in [4.78, 5) is 37.7. The number of aryl methyl sites for hydroxylation is 1. The predicted octanol–water partition coefficient (Wildman–Crippen LogP) is 2.37. The van der Waals surface area contributed by atoms with Crippen molar-refractivity contribution >= 4 is 29.6 Å². The molecule has 1 saturated heterocycles. The van der Waals surface area contributed by atoms with Gasteiger partial charge in [-0.2, -0.15) is 0 Å². The minimum atomic E-state index is -0.779. The standard InChI is InChI=1S/C18H14N2O4/c1-11-3-2-4-13(9-11)20-17(23)15(16(22)19-18(20)24)10-12-5-7-14(21)8-6-12/h2-10,21H,1H3,(H,19,22,24)/b15-10+. The molecular formula is C18H14N2O4. The number of urea groups is 1. The number of nitrogens with one attached hydrogen (secondary N) is 1. The Hall–Kier alpha value is -3.41. The van der Waals surface area contributed by atoms with Crippen molar-refractivity contribution in [2.45, 2.75) is 6.92 Å². The molecule has 1 heterocycles. The summed E-state index contributed by atoms with van der Waals surface area (Å²) < 4.78 is 0. The largest absolute Gasteiger partial charge is 0.508 e. The minimum Gasteiger partial charge on any atom is -0.508 e. The van der Waals surface area contributed by atoms with Gasteiger partial charge in [0.05, 0.1) is 5.69 Å². The van der Waals surface area contributed by atoms with Crippen molar-refractivity contribution < 1.29 is 19.5 Å². The number of phenols is 1. The SMILES string of the molecule is Cc1cccc(N2C(=O)NC(=O)/C(=C\c3ccc(O)cc3)C2=O)c1. The first kappa shape index (κ1) is 15.5. The summed E-state index contributed by atoms with van der Waals surface area (Å²) in [5.74, 6) is -1.36. The summed E-state index contributed by atoms with van der Waals surface area (Å²) in [6.07, 6.45) is 1.38. The third-order valence-electron chi connectivity index (χ3n) is 3.57. The Bertz CT molecular complexity index is 869. The smallest absolute Gasteiger partial charge is 0.335 e. The molecule has 0 bridgehead atoms. The van der Waals surface area contributed by atoms with Crippen molar-refractivity contribution in [2.75, 3.05) is 4.90 Å². The van der Waals surface area contributed by atoms with Crippen LogP contribution in [0.5, 0.6) is 5.75 Å². The first-order chi connectivity index (χ1) is 11.5. The molecule has 24 heavy (non-hydrogen) atoms. The Morgan fingerprint density at radius 2 is 1.75 bits per heavy atom. The van der Waals surface area contributed by atoms with Crippen molar-refractivity contribution in [3.05, 3.63) is 65.2 Å². The number of hydrogen-bond donors (Lipinski definition) is 2. The molecule has 2 N–H and O–H groups in total. The van der Waals surface area contributed by atoms with E-state index in [2.05, 4.69) is 5.32 Å². The zero-order valence-electron chi connectivity index (χ0n) is 12.8. The van der Waals surface area contributed by atoms with E-state index >= 15 is 0 Å². The average molecular weight is 322 g/mol. The number of carbonyl (C=O) groups excluding carboxylic acids is 3. The summed E-state index contributed by atoms with van der Waals surface area (Å²) in [5.41, 5.74) is 1.68. The number of barbiturate groups is 1. The maximum Gasteiger partial charge on any atom is 0.335 e. The van der Waals surface area contributed by atoms with Gasteiger partial charge >= 0.3 is 6.03 Å². The lowest BCUT2D eigenvalue weighted by Gasteiger charge is -2.26. The number of hydrogen-bond acceptors (Lipinski definition) is 4. The normalized spacial score (nSPS) is 16.5. The van der Waals surface area contributed by atoms with E-state index in [-0.39, 0.29) is 11.3 Å². The van der Waals surface area contributed by atoms with Crippen LogP contribution >= 0.6 is 0 Å². The average Bonchev–Trinajstić information content (AvgIpc) is 2.53. The zero-order valence-corrected chi connectivity index (χ0v) is 12.8. The van der Waals surface area contributed by atoms with Crippen LogP contribution in [0.15, 0.2) is 54.1 Å². The van der Waals surface area contributed by atoms with Gasteiger partial charge < -0.3 is 5.11 Å². The van der Waals surface area contributed by atoms with Gasteiger partial charge in [-0.15, -0.1) is 0 Å². The zero-order chi connectivity index (χ0) is 17.3. The Morgan fingerprint density at radius 3 is 2.42 bits per heavy atom. The number of carbonyl (C=O) groups is 3. The van der Waals surface area contributed by atoms with E-state index < -0.39 is 17.8 Å². The molecule has 120 valence electrons. The molecule has 6 nitrogen and oxygen atoms in total. The third kappa shape index (κ3) is 2.89. The maximum atomic E-state index is 12.7. The second-order valence-electron chi connectivity index (χ2n) is 5.39. The van der Waals surface area contributed by atoms with Gasteiger partial charge in [0.15, 0.2) is 0 Å². The molecule has 0 radical (unpaired) electrons. The number of nitrogens with zero attached hydrogens (tertiary/aromatic N) is 1. The number of rotatable bonds is 2. The molecule has 6 heteroatoms. The van der Waals surface area contributed by atoms with Crippen molar-refractivity contribution in [1.82, 2.24) is 5.32 Å². The molecule has 0 aromatic heterocycles. The molecule has 0 atom stereocenters. The van der Waals surface area contributed by atoms with E-state index in [0.717, 1.165) is 10.5 Å². The molecule has 4 amide bonds. The summed E-state index contributed by atoms with van der Waals surface area (Å²) in [7, 11) is 0. The van der Waals surface area contributed by atoms with Gasteiger partial charge in [-0.3, -0.25) is 14.9 Å². The summed E-state index contributed by atoms with van der Waals surface area (Å²) in [5, 5.41) is 11.5. The Morgan fingerprint density at radius 1 is 1.04 bits per heavy atom. The number of benzene rings is 2. The maximum absolute atomic E-state index is 12.7. The lowest BCUT2D eigenvalue weighted by Crippen LogP contribution is -2.54. The molecule has 2 aromatic carbocycles. The highest BCUT2D eigenvalue weighted by atomic mass is 16.3. The van der Waals surface area contributed by atoms with Crippen LogP contribution < -0.4 is 10.2 Å². The molecule has 1 aliphatic heterocycles. The Labute approximate surface area is 138 Å². The molecule has 0 unspecified atom stereocenters. The van der Waals surface area contributed by atoms with Crippen molar-refractivity contribution in [2.24, 2.45) is 0 Å². The van der Waals surface area contributed by atoms with Crippen LogP contribution in [0.2, 0.25) is 0 Å². The van der Waals surface area contributed by atoms with Crippen LogP contribution in [0.3, 0.4) is 0 Å². The molecule has 3 rings (SSSR count). The number of amides is 4. The highest BCUT2D eigenvalue weighted by Crippen LogP contribution is 2.23. The lowest BCUT2D eigenvalue weighted by atomic mass is 10.1. The lowest BCUT2D eigenvalue weighted by molar-refractivity contribution is -0.122. The van der Waals surface area contributed by atoms with E-state index in [1.54, 1.807) is 30.3 Å². The molecule has 0 saturated carbocycles. The third-order valence-corrected chi connectivity index (χ3v) is 3.57. The van der Waals surface area contributed by atoms with Gasteiger partial charge in [0, 0.05) is 0 Å². The summed E-state index contributed by atoms with van der Waals surface area (Å²) >= 11 is 0. The van der Waals surface area contributed by atoms with E-state index in [4.69, 9.17) is 0 Å². The predicted molar refractivity (Wildman–Crippen MR) is 88.3 cm³/mol. The van der Waals surface area contributed by atoms with Gasteiger partial charge in [-0.05, 0) is 48.4 Å². The fourth-order valence-corrected chi connectivity index (χ4v) is 2.40. The van der Waals surface area contributed by atoms with Crippen LogP contribution in [-0.2, 0) is 9.59 Å². The van der Waals surface area contributed by atoms with E-state index in [1.165, 1.54) is 18.2 Å². The fraction of sp³-hybridized carbons (Fsp3) is 0.0556. The monoisotopic (exact) mass is 322 g/mol. The fourth-order valence-electron chi connectivity index (χ4n) is 2.40. The van der Waals surface area contributed by atoms with Crippen LogP contribution in [0.4, 0.5) is 10.5 Å². The first-order valence-corrected chi connectivity index (χ1v) is 7.23. The van der Waals surface area contributed by atoms with Gasteiger partial charge in [-0.25, -0.2) is 9.69 Å². The highest BCUT2D eigenvalue weighted by Gasteiger charge is 2.36. The summed E-state index contributed by atoms with van der Waals surface area (Å²) in [6, 6.07) is 12.1. The number of anilines is 1. The minimum absolute atomic E-state index is 0.0770. The topological polar surface area (TPSA) is 86.7 Å². The second-order valence-corrected chi connectivity index (χ2v) is 5.39. The Balaban J connectivity index is 2.01. The number of phenolic OH excluding ortho intramolecular Hbond substituents is 1. The summed E-state index contributed by atoms with van der Waals surface area (Å²) in [6.45, 7) is 1.84. The molecule has 1 fully saturated rings. The van der Waals surface area contributed by atoms with Gasteiger partial charge in [0.2, 0.25) is 0 Å². The van der Waals surface area contributed by atoms with E-state index in [1.807, 2.05) is 13.0 Å². The van der Waals surface area contributed by atoms with Crippen LogP contribution in [-0.4, -0.2) is 23.0 Å². The molecule has 0 aliphatic carbocycles. The van der Waals surface area contributed by atoms with Gasteiger partial charge in [0.1, 0.15) is 11.3 Å². The van der Waals surface area contributed by atoms with E-state index in [0.29, 0.717) is 11.3 Å². The van der Waals surface area contributed by atoms with Gasteiger partial charge in [-0.1, -0.05) is 24.3 Å². The number of imide groups is 2. The van der Waals surface area contributed by atoms with Crippen molar-refractivity contribution in [3.8, 4) is 5.75 Å². The Kier molecular flexibility index (Phi) is 3.87. The molecule has 1 aliphatic rings. The molecule has 0 spiro atoms. The number of aromatic hydroxyl groups is 1. The quantitative estimate of drug-likeness (QED) is 0.656. The highest BCUT2D eigenvalue weighted by molar-refractivity contribution is 6.39. The molecule has 2 aromatic rings. The van der Waals surface area contributed by atoms with Crippen LogP contribution in [0.1, 0.15) is 11.1 Å². The van der Waals surface area contributed by atoms with Gasteiger partial charge in [0.25, 0.3) is 11.8 Å².